The number of benzene rings is 1. The number of rotatable bonds is 3. The number of halogens is 4. The molecule has 7 heteroatoms. The second kappa shape index (κ2) is 5.68. The third kappa shape index (κ3) is 3.61. The average Bonchev–Trinajstić information content (AvgIpc) is 2.38. The number of ether oxygens (including phenoxy) is 1. The van der Waals surface area contributed by atoms with Gasteiger partial charge in [0.1, 0.15) is 10.9 Å². The molecule has 0 bridgehead atoms. The molecule has 0 saturated carbocycles. The Morgan fingerprint density at radius 2 is 1.85 bits per heavy atom. The maximum Gasteiger partial charge on any atom is 0.573 e. The minimum Gasteiger partial charge on any atom is -0.406 e. The van der Waals surface area contributed by atoms with Crippen molar-refractivity contribution in [3.05, 3.63) is 47.2 Å². The van der Waals surface area contributed by atoms with Crippen LogP contribution in [0.3, 0.4) is 0 Å². The molecule has 1 heterocycles. The summed E-state index contributed by atoms with van der Waals surface area (Å²) < 4.78 is 39.9. The highest BCUT2D eigenvalue weighted by Crippen LogP contribution is 2.28. The summed E-state index contributed by atoms with van der Waals surface area (Å²) in [6.07, 6.45) is -3.27. The molecule has 0 spiro atoms. The van der Waals surface area contributed by atoms with Crippen molar-refractivity contribution in [1.82, 2.24) is 4.98 Å². The molecule has 3 nitrogen and oxygen atoms in total. The minimum atomic E-state index is -4.72. The number of hydrogen-bond donors (Lipinski definition) is 1. The Kier molecular flexibility index (Phi) is 4.15. The Balaban J connectivity index is 2.30. The van der Waals surface area contributed by atoms with E-state index in [-0.39, 0.29) is 17.5 Å². The zero-order valence-corrected chi connectivity index (χ0v) is 10.7. The highest BCUT2D eigenvalue weighted by molar-refractivity contribution is 6.29. The fraction of sp³-hybridized carbons (Fsp3) is 0.154. The van der Waals surface area contributed by atoms with Crippen LogP contribution in [0.2, 0.25) is 5.15 Å². The van der Waals surface area contributed by atoms with Crippen molar-refractivity contribution < 1.29 is 23.0 Å². The van der Waals surface area contributed by atoms with Gasteiger partial charge in [0.05, 0.1) is 6.61 Å². The van der Waals surface area contributed by atoms with E-state index in [0.29, 0.717) is 16.7 Å². The SMILES string of the molecule is OCc1cc(Cl)ncc1-c1ccc(OC(F)(F)F)cc1. The first-order valence-corrected chi connectivity index (χ1v) is 5.88. The fourth-order valence-corrected chi connectivity index (χ4v) is 1.88. The van der Waals surface area contributed by atoms with Gasteiger partial charge in [0.25, 0.3) is 0 Å². The molecule has 1 N–H and O–H groups in total. The molecule has 0 atom stereocenters. The lowest BCUT2D eigenvalue weighted by Gasteiger charge is -2.11. The van der Waals surface area contributed by atoms with Crippen molar-refractivity contribution in [1.29, 1.82) is 0 Å². The van der Waals surface area contributed by atoms with Gasteiger partial charge in [-0.3, -0.25) is 0 Å². The molecule has 2 aromatic rings. The molecular weight excluding hydrogens is 295 g/mol. The van der Waals surface area contributed by atoms with Gasteiger partial charge in [-0.2, -0.15) is 0 Å². The lowest BCUT2D eigenvalue weighted by atomic mass is 10.0. The summed E-state index contributed by atoms with van der Waals surface area (Å²) in [6, 6.07) is 6.78. The van der Waals surface area contributed by atoms with E-state index in [1.165, 1.54) is 36.5 Å². The number of alkyl halides is 3. The van der Waals surface area contributed by atoms with Crippen LogP contribution < -0.4 is 4.74 Å². The first-order valence-electron chi connectivity index (χ1n) is 5.50. The zero-order chi connectivity index (χ0) is 14.8. The van der Waals surface area contributed by atoms with Crippen LogP contribution in [0.15, 0.2) is 36.5 Å². The molecule has 0 unspecified atom stereocenters. The van der Waals surface area contributed by atoms with Crippen molar-refractivity contribution in [2.24, 2.45) is 0 Å². The molecule has 0 fully saturated rings. The summed E-state index contributed by atoms with van der Waals surface area (Å²) in [7, 11) is 0. The molecule has 2 rings (SSSR count). The first kappa shape index (κ1) is 14.6. The van der Waals surface area contributed by atoms with Crippen LogP contribution in [0.4, 0.5) is 13.2 Å². The third-order valence-electron chi connectivity index (χ3n) is 2.53. The number of aliphatic hydroxyl groups excluding tert-OH is 1. The molecule has 0 aliphatic heterocycles. The number of aliphatic hydroxyl groups is 1. The van der Waals surface area contributed by atoms with Crippen LogP contribution in [-0.4, -0.2) is 16.5 Å². The summed E-state index contributed by atoms with van der Waals surface area (Å²) in [6.45, 7) is -0.252. The van der Waals surface area contributed by atoms with E-state index in [4.69, 9.17) is 11.6 Å². The molecule has 0 amide bonds. The van der Waals surface area contributed by atoms with Gasteiger partial charge >= 0.3 is 6.36 Å². The standard InChI is InChI=1S/C13H9ClF3NO2/c14-12-5-9(7-19)11(6-18-12)8-1-3-10(4-2-8)20-13(15,16)17/h1-6,19H,7H2. The van der Waals surface area contributed by atoms with Crippen LogP contribution in [0.5, 0.6) is 5.75 Å². The summed E-state index contributed by atoms with van der Waals surface area (Å²) in [5, 5.41) is 9.48. The van der Waals surface area contributed by atoms with E-state index in [2.05, 4.69) is 9.72 Å². The molecule has 0 aliphatic rings. The third-order valence-corrected chi connectivity index (χ3v) is 2.73. The topological polar surface area (TPSA) is 42.4 Å². The second-order valence-electron chi connectivity index (χ2n) is 3.89. The van der Waals surface area contributed by atoms with Crippen LogP contribution in [0.1, 0.15) is 5.56 Å². The van der Waals surface area contributed by atoms with E-state index < -0.39 is 6.36 Å². The summed E-state index contributed by atoms with van der Waals surface area (Å²) >= 11 is 5.71. The molecule has 1 aromatic heterocycles. The van der Waals surface area contributed by atoms with Gasteiger partial charge in [-0.05, 0) is 29.3 Å². The smallest absolute Gasteiger partial charge is 0.406 e. The molecule has 0 saturated heterocycles. The zero-order valence-electron chi connectivity index (χ0n) is 9.99. The van der Waals surface area contributed by atoms with Crippen molar-refractivity contribution >= 4 is 11.6 Å². The van der Waals surface area contributed by atoms with E-state index in [1.807, 2.05) is 0 Å². The fourth-order valence-electron chi connectivity index (χ4n) is 1.69. The maximum absolute atomic E-state index is 12.0. The van der Waals surface area contributed by atoms with E-state index >= 15 is 0 Å². The molecule has 106 valence electrons. The molecule has 0 aliphatic carbocycles. The number of pyridine rings is 1. The first-order chi connectivity index (χ1) is 9.39. The predicted molar refractivity (Wildman–Crippen MR) is 67.3 cm³/mol. The monoisotopic (exact) mass is 303 g/mol. The van der Waals surface area contributed by atoms with Crippen LogP contribution in [-0.2, 0) is 6.61 Å². The lowest BCUT2D eigenvalue weighted by Crippen LogP contribution is -2.16. The van der Waals surface area contributed by atoms with Crippen LogP contribution in [0.25, 0.3) is 11.1 Å². The van der Waals surface area contributed by atoms with Gasteiger partial charge in [-0.1, -0.05) is 23.7 Å². The van der Waals surface area contributed by atoms with Crippen molar-refractivity contribution in [3.8, 4) is 16.9 Å². The van der Waals surface area contributed by atoms with Crippen molar-refractivity contribution in [3.63, 3.8) is 0 Å². The quantitative estimate of drug-likeness (QED) is 0.877. The van der Waals surface area contributed by atoms with Crippen molar-refractivity contribution in [2.45, 2.75) is 13.0 Å². The largest absolute Gasteiger partial charge is 0.573 e. The Labute approximate surface area is 117 Å². The Morgan fingerprint density at radius 1 is 1.20 bits per heavy atom. The number of hydrogen-bond acceptors (Lipinski definition) is 3. The Bertz CT molecular complexity index is 600. The average molecular weight is 304 g/mol. The second-order valence-corrected chi connectivity index (χ2v) is 4.28. The minimum absolute atomic E-state index is 0.231. The normalized spacial score (nSPS) is 11.4. The van der Waals surface area contributed by atoms with E-state index in [1.54, 1.807) is 0 Å². The van der Waals surface area contributed by atoms with Gasteiger partial charge in [0.15, 0.2) is 0 Å². The van der Waals surface area contributed by atoms with E-state index in [9.17, 15) is 18.3 Å². The summed E-state index contributed by atoms with van der Waals surface area (Å²) in [4.78, 5) is 3.89. The highest BCUT2D eigenvalue weighted by atomic mass is 35.5. The molecular formula is C13H9ClF3NO2. The summed E-state index contributed by atoms with van der Waals surface area (Å²) in [5.74, 6) is -0.311. The summed E-state index contributed by atoms with van der Waals surface area (Å²) in [5.41, 5.74) is 1.73. The predicted octanol–water partition coefficient (Wildman–Crippen LogP) is 3.79. The lowest BCUT2D eigenvalue weighted by molar-refractivity contribution is -0.274. The number of aromatic nitrogens is 1. The van der Waals surface area contributed by atoms with Gasteiger partial charge in [0.2, 0.25) is 0 Å². The van der Waals surface area contributed by atoms with Crippen molar-refractivity contribution in [2.75, 3.05) is 0 Å². The van der Waals surface area contributed by atoms with Crippen LogP contribution >= 0.6 is 11.6 Å². The van der Waals surface area contributed by atoms with Gasteiger partial charge < -0.3 is 9.84 Å². The van der Waals surface area contributed by atoms with Crippen LogP contribution in [0, 0.1) is 0 Å². The number of nitrogens with zero attached hydrogens (tertiary/aromatic N) is 1. The molecule has 20 heavy (non-hydrogen) atoms. The highest BCUT2D eigenvalue weighted by Gasteiger charge is 2.30. The van der Waals surface area contributed by atoms with Gasteiger partial charge in [0, 0.05) is 11.8 Å². The van der Waals surface area contributed by atoms with Gasteiger partial charge in [-0.25, -0.2) is 4.98 Å². The molecule has 1 aromatic carbocycles. The Morgan fingerprint density at radius 3 is 2.40 bits per heavy atom. The van der Waals surface area contributed by atoms with Gasteiger partial charge in [-0.15, -0.1) is 13.2 Å². The maximum atomic E-state index is 12.0. The molecule has 0 radical (unpaired) electrons. The van der Waals surface area contributed by atoms with E-state index in [0.717, 1.165) is 0 Å². The Hall–Kier alpha value is -1.79.